The average Bonchev–Trinajstić information content (AvgIpc) is 3.31. The summed E-state index contributed by atoms with van der Waals surface area (Å²) in [5, 5.41) is 13.7. The number of carbonyl (C=O) groups is 1. The highest BCUT2D eigenvalue weighted by molar-refractivity contribution is 7.89. The SMILES string of the molecule is CC(C)CCN1CCC2(CCOc3cc(-c4cccnc4)ccc3S(=O)(=O)N3C[C@H](O)C[C@H]3C(=O)N2)CC1. The van der Waals surface area contributed by atoms with E-state index in [1.54, 1.807) is 24.5 Å². The molecular formula is C28H38N4O5S. The molecule has 5 rings (SSSR count). The first-order valence-electron chi connectivity index (χ1n) is 13.6. The van der Waals surface area contributed by atoms with Crippen LogP contribution < -0.4 is 10.1 Å². The Hall–Kier alpha value is -2.53. The number of aliphatic hydroxyl groups is 1. The lowest BCUT2D eigenvalue weighted by Crippen LogP contribution is -2.59. The second kappa shape index (κ2) is 10.9. The zero-order valence-corrected chi connectivity index (χ0v) is 23.0. The maximum atomic E-state index is 13.8. The number of likely N-dealkylation sites (tertiary alicyclic amines) is 1. The van der Waals surface area contributed by atoms with E-state index in [9.17, 15) is 18.3 Å². The van der Waals surface area contributed by atoms with Crippen molar-refractivity contribution >= 4 is 15.9 Å². The van der Waals surface area contributed by atoms with Crippen molar-refractivity contribution in [3.8, 4) is 16.9 Å². The van der Waals surface area contributed by atoms with Gasteiger partial charge in [-0.2, -0.15) is 4.31 Å². The Balaban J connectivity index is 1.48. The zero-order valence-electron chi connectivity index (χ0n) is 22.2. The van der Waals surface area contributed by atoms with E-state index in [1.807, 2.05) is 12.1 Å². The molecule has 9 nitrogen and oxygen atoms in total. The van der Waals surface area contributed by atoms with Gasteiger partial charge in [0.05, 0.1) is 12.7 Å². The number of aromatic nitrogens is 1. The molecule has 1 amide bonds. The standard InChI is InChI=1S/C28H38N4O5S/c1-20(2)7-12-31-13-8-28(9-14-31)10-15-37-25-16-21(22-4-3-11-29-18-22)5-6-26(25)38(35,36)32-19-23(33)17-24(32)27(34)30-28/h3-6,11,16,18,20,23-24,33H,7-10,12-15,17,19H2,1-2H3,(H,30,34)/t23-,24+/m1/s1. The fourth-order valence-electron chi connectivity index (χ4n) is 5.75. The number of hydrogen-bond acceptors (Lipinski definition) is 7. The van der Waals surface area contributed by atoms with Crippen LogP contribution in [-0.4, -0.2) is 84.1 Å². The van der Waals surface area contributed by atoms with Gasteiger partial charge >= 0.3 is 0 Å². The lowest BCUT2D eigenvalue weighted by Gasteiger charge is -2.43. The molecule has 0 unspecified atom stereocenters. The van der Waals surface area contributed by atoms with Gasteiger partial charge in [0, 0.05) is 56.0 Å². The molecule has 2 aromatic rings. The summed E-state index contributed by atoms with van der Waals surface area (Å²) in [5.74, 6) is 0.552. The number of nitrogens with zero attached hydrogens (tertiary/aromatic N) is 3. The molecular weight excluding hydrogens is 504 g/mol. The number of hydrogen-bond donors (Lipinski definition) is 2. The molecule has 1 aromatic carbocycles. The summed E-state index contributed by atoms with van der Waals surface area (Å²) in [4.78, 5) is 20.2. The molecule has 10 heteroatoms. The van der Waals surface area contributed by atoms with Crippen LogP contribution in [0.25, 0.3) is 11.1 Å². The molecule has 38 heavy (non-hydrogen) atoms. The fourth-order valence-corrected chi connectivity index (χ4v) is 7.50. The van der Waals surface area contributed by atoms with Gasteiger partial charge in [-0.05, 0) is 55.5 Å². The average molecular weight is 543 g/mol. The zero-order chi connectivity index (χ0) is 26.9. The van der Waals surface area contributed by atoms with E-state index in [0.717, 1.165) is 54.3 Å². The van der Waals surface area contributed by atoms with Crippen LogP contribution >= 0.6 is 0 Å². The third-order valence-electron chi connectivity index (χ3n) is 8.12. The Labute approximate surface area is 225 Å². The first-order chi connectivity index (χ1) is 18.2. The number of ether oxygens (including phenoxy) is 1. The summed E-state index contributed by atoms with van der Waals surface area (Å²) in [6.45, 7) is 7.36. The summed E-state index contributed by atoms with van der Waals surface area (Å²) in [6.07, 6.45) is 5.82. The fraction of sp³-hybridized carbons (Fsp3) is 0.571. The number of carbonyl (C=O) groups excluding carboxylic acids is 1. The van der Waals surface area contributed by atoms with Crippen molar-refractivity contribution in [2.75, 3.05) is 32.8 Å². The number of pyridine rings is 1. The van der Waals surface area contributed by atoms with Crippen molar-refractivity contribution < 1.29 is 23.1 Å². The molecule has 4 heterocycles. The van der Waals surface area contributed by atoms with E-state index in [4.69, 9.17) is 4.74 Å². The molecule has 0 saturated carbocycles. The van der Waals surface area contributed by atoms with Crippen LogP contribution in [0.15, 0.2) is 47.6 Å². The number of piperidine rings is 1. The quantitative estimate of drug-likeness (QED) is 0.611. The maximum Gasteiger partial charge on any atom is 0.247 e. The molecule has 0 bridgehead atoms. The van der Waals surface area contributed by atoms with Gasteiger partial charge in [-0.1, -0.05) is 26.0 Å². The Morgan fingerprint density at radius 3 is 2.68 bits per heavy atom. The van der Waals surface area contributed by atoms with Crippen molar-refractivity contribution in [1.29, 1.82) is 0 Å². The van der Waals surface area contributed by atoms with Gasteiger partial charge < -0.3 is 20.1 Å². The predicted molar refractivity (Wildman–Crippen MR) is 144 cm³/mol. The van der Waals surface area contributed by atoms with Gasteiger partial charge in [0.2, 0.25) is 15.9 Å². The van der Waals surface area contributed by atoms with Crippen LogP contribution in [0.1, 0.15) is 46.0 Å². The molecule has 2 atom stereocenters. The van der Waals surface area contributed by atoms with E-state index in [0.29, 0.717) is 12.3 Å². The van der Waals surface area contributed by atoms with Gasteiger partial charge in [0.15, 0.2) is 0 Å². The highest BCUT2D eigenvalue weighted by atomic mass is 32.2. The number of nitrogens with one attached hydrogen (secondary N) is 1. The molecule has 0 radical (unpaired) electrons. The highest BCUT2D eigenvalue weighted by Crippen LogP contribution is 2.37. The summed E-state index contributed by atoms with van der Waals surface area (Å²) >= 11 is 0. The summed E-state index contributed by atoms with van der Waals surface area (Å²) in [6, 6.07) is 7.77. The third kappa shape index (κ3) is 5.59. The molecule has 3 aliphatic heterocycles. The van der Waals surface area contributed by atoms with Crippen molar-refractivity contribution in [3.05, 3.63) is 42.7 Å². The number of fused-ring (bicyclic) bond motifs is 2. The topological polar surface area (TPSA) is 112 Å². The third-order valence-corrected chi connectivity index (χ3v) is 10.0. The lowest BCUT2D eigenvalue weighted by molar-refractivity contribution is -0.127. The second-order valence-corrected chi connectivity index (χ2v) is 13.1. The number of amides is 1. The maximum absolute atomic E-state index is 13.8. The minimum absolute atomic E-state index is 0.0106. The van der Waals surface area contributed by atoms with Crippen molar-refractivity contribution in [2.24, 2.45) is 5.92 Å². The van der Waals surface area contributed by atoms with E-state index in [1.165, 1.54) is 6.07 Å². The Morgan fingerprint density at radius 1 is 1.18 bits per heavy atom. The first-order valence-corrected chi connectivity index (χ1v) is 15.0. The van der Waals surface area contributed by atoms with Crippen LogP contribution in [0.2, 0.25) is 0 Å². The van der Waals surface area contributed by atoms with Crippen LogP contribution in [0.3, 0.4) is 0 Å². The lowest BCUT2D eigenvalue weighted by atomic mass is 9.84. The van der Waals surface area contributed by atoms with Crippen LogP contribution in [0.4, 0.5) is 0 Å². The molecule has 2 fully saturated rings. The molecule has 3 aliphatic rings. The summed E-state index contributed by atoms with van der Waals surface area (Å²) < 4.78 is 35.1. The largest absolute Gasteiger partial charge is 0.492 e. The van der Waals surface area contributed by atoms with Crippen molar-refractivity contribution in [2.45, 2.75) is 68.5 Å². The van der Waals surface area contributed by atoms with E-state index < -0.39 is 27.7 Å². The Morgan fingerprint density at radius 2 is 1.97 bits per heavy atom. The minimum Gasteiger partial charge on any atom is -0.492 e. The van der Waals surface area contributed by atoms with Gasteiger partial charge in [-0.3, -0.25) is 9.78 Å². The monoisotopic (exact) mass is 542 g/mol. The number of sulfonamides is 1. The molecule has 0 aliphatic carbocycles. The van der Waals surface area contributed by atoms with Gasteiger partial charge in [-0.15, -0.1) is 0 Å². The first kappa shape index (κ1) is 27.1. The second-order valence-electron chi connectivity index (χ2n) is 11.3. The van der Waals surface area contributed by atoms with Crippen LogP contribution in [0, 0.1) is 5.92 Å². The smallest absolute Gasteiger partial charge is 0.247 e. The van der Waals surface area contributed by atoms with Gasteiger partial charge in [-0.25, -0.2) is 8.42 Å². The normalized spacial score (nSPS) is 25.7. The van der Waals surface area contributed by atoms with Crippen LogP contribution in [-0.2, 0) is 14.8 Å². The van der Waals surface area contributed by atoms with E-state index in [2.05, 4.69) is 29.0 Å². The molecule has 206 valence electrons. The Kier molecular flexibility index (Phi) is 7.77. The molecule has 2 saturated heterocycles. The number of rotatable bonds is 4. The predicted octanol–water partition coefficient (Wildman–Crippen LogP) is 2.65. The summed E-state index contributed by atoms with van der Waals surface area (Å²) in [5.41, 5.74) is 1.16. The minimum atomic E-state index is -4.10. The molecule has 2 N–H and O–H groups in total. The van der Waals surface area contributed by atoms with Gasteiger partial charge in [0.25, 0.3) is 0 Å². The van der Waals surface area contributed by atoms with E-state index >= 15 is 0 Å². The van der Waals surface area contributed by atoms with Crippen LogP contribution in [0.5, 0.6) is 5.75 Å². The highest BCUT2D eigenvalue weighted by Gasteiger charge is 2.47. The number of aliphatic hydroxyl groups excluding tert-OH is 1. The van der Waals surface area contributed by atoms with Crippen molar-refractivity contribution in [3.63, 3.8) is 0 Å². The number of benzene rings is 1. The summed E-state index contributed by atoms with van der Waals surface area (Å²) in [7, 11) is -4.10. The Bertz CT molecular complexity index is 1250. The van der Waals surface area contributed by atoms with E-state index in [-0.39, 0.29) is 36.1 Å². The van der Waals surface area contributed by atoms with Gasteiger partial charge in [0.1, 0.15) is 16.7 Å². The van der Waals surface area contributed by atoms with Crippen molar-refractivity contribution in [1.82, 2.24) is 19.5 Å². The molecule has 1 spiro atoms. The molecule has 1 aromatic heterocycles.